The van der Waals surface area contributed by atoms with Gasteiger partial charge in [0.2, 0.25) is 10.0 Å². The van der Waals surface area contributed by atoms with Gasteiger partial charge in [-0.2, -0.15) is 0 Å². The van der Waals surface area contributed by atoms with Gasteiger partial charge >= 0.3 is 0 Å². The third-order valence-electron chi connectivity index (χ3n) is 4.27. The van der Waals surface area contributed by atoms with Crippen molar-refractivity contribution >= 4 is 44.8 Å². The summed E-state index contributed by atoms with van der Waals surface area (Å²) in [4.78, 5) is 12.5. The van der Waals surface area contributed by atoms with Crippen LogP contribution in [0.4, 0.5) is 5.69 Å². The number of benzene rings is 2. The predicted molar refractivity (Wildman–Crippen MR) is 108 cm³/mol. The SMILES string of the molecule is CC(C)c1cccc(NC(=O)c2cc(S(=O)(=O)NC3CC3)c(Cl)cc2Cl)c1. The molecule has 0 unspecified atom stereocenters. The average Bonchev–Trinajstić information content (AvgIpc) is 3.37. The second-order valence-corrected chi connectivity index (χ2v) is 9.39. The first-order chi connectivity index (χ1) is 12.7. The van der Waals surface area contributed by atoms with Crippen molar-refractivity contribution in [2.24, 2.45) is 0 Å². The Hall–Kier alpha value is -1.60. The van der Waals surface area contributed by atoms with Crippen molar-refractivity contribution in [3.63, 3.8) is 0 Å². The molecule has 0 saturated heterocycles. The molecule has 0 radical (unpaired) electrons. The molecule has 8 heteroatoms. The zero-order valence-electron chi connectivity index (χ0n) is 14.9. The van der Waals surface area contributed by atoms with Gasteiger partial charge in [0.25, 0.3) is 5.91 Å². The lowest BCUT2D eigenvalue weighted by molar-refractivity contribution is 0.102. The van der Waals surface area contributed by atoms with E-state index in [9.17, 15) is 13.2 Å². The van der Waals surface area contributed by atoms with Gasteiger partial charge in [0.15, 0.2) is 0 Å². The Labute approximate surface area is 169 Å². The maximum atomic E-state index is 12.7. The fraction of sp³-hybridized carbons (Fsp3) is 0.316. The Morgan fingerprint density at radius 1 is 1.11 bits per heavy atom. The van der Waals surface area contributed by atoms with E-state index in [4.69, 9.17) is 23.2 Å². The minimum absolute atomic E-state index is 0.0218. The van der Waals surface area contributed by atoms with Crippen LogP contribution in [-0.4, -0.2) is 20.4 Å². The molecule has 1 aliphatic carbocycles. The van der Waals surface area contributed by atoms with Gasteiger partial charge in [0.05, 0.1) is 15.6 Å². The maximum Gasteiger partial charge on any atom is 0.257 e. The summed E-state index contributed by atoms with van der Waals surface area (Å²) in [6.45, 7) is 4.11. The Bertz CT molecular complexity index is 986. The van der Waals surface area contributed by atoms with Crippen LogP contribution in [-0.2, 0) is 10.0 Å². The van der Waals surface area contributed by atoms with Crippen molar-refractivity contribution in [3.05, 3.63) is 57.6 Å². The minimum Gasteiger partial charge on any atom is -0.322 e. The van der Waals surface area contributed by atoms with E-state index in [1.54, 1.807) is 6.07 Å². The van der Waals surface area contributed by atoms with Crippen LogP contribution in [0.1, 0.15) is 48.5 Å². The first kappa shape index (κ1) is 20.1. The molecule has 0 aliphatic heterocycles. The molecule has 0 atom stereocenters. The number of sulfonamides is 1. The van der Waals surface area contributed by atoms with Gasteiger partial charge in [-0.3, -0.25) is 4.79 Å². The first-order valence-corrected chi connectivity index (χ1v) is 10.8. The van der Waals surface area contributed by atoms with Crippen LogP contribution in [0.25, 0.3) is 0 Å². The fourth-order valence-corrected chi connectivity index (χ4v) is 4.73. The van der Waals surface area contributed by atoms with E-state index in [2.05, 4.69) is 23.9 Å². The number of amides is 1. The zero-order chi connectivity index (χ0) is 19.8. The highest BCUT2D eigenvalue weighted by Crippen LogP contribution is 2.31. The Balaban J connectivity index is 1.90. The monoisotopic (exact) mass is 426 g/mol. The number of carbonyl (C=O) groups is 1. The van der Waals surface area contributed by atoms with Crippen LogP contribution in [0.2, 0.25) is 10.0 Å². The lowest BCUT2D eigenvalue weighted by Crippen LogP contribution is -2.26. The first-order valence-electron chi connectivity index (χ1n) is 8.60. The molecule has 5 nitrogen and oxygen atoms in total. The third-order valence-corrected chi connectivity index (χ3v) is 6.56. The number of nitrogens with one attached hydrogen (secondary N) is 2. The molecule has 3 rings (SSSR count). The van der Waals surface area contributed by atoms with Crippen LogP contribution >= 0.6 is 23.2 Å². The van der Waals surface area contributed by atoms with Crippen molar-refractivity contribution in [2.45, 2.75) is 43.5 Å². The summed E-state index contributed by atoms with van der Waals surface area (Å²) in [6, 6.07) is 9.89. The second kappa shape index (κ2) is 7.80. The molecule has 1 amide bonds. The van der Waals surface area contributed by atoms with Crippen molar-refractivity contribution < 1.29 is 13.2 Å². The van der Waals surface area contributed by atoms with Gasteiger partial charge in [-0.1, -0.05) is 49.2 Å². The van der Waals surface area contributed by atoms with Crippen molar-refractivity contribution in [2.75, 3.05) is 5.32 Å². The summed E-state index contributed by atoms with van der Waals surface area (Å²) in [5.74, 6) is -0.188. The van der Waals surface area contributed by atoms with Crippen LogP contribution in [0.3, 0.4) is 0 Å². The summed E-state index contributed by atoms with van der Waals surface area (Å²) < 4.78 is 27.5. The minimum atomic E-state index is -3.81. The molecule has 0 bridgehead atoms. The summed E-state index contributed by atoms with van der Waals surface area (Å²) in [6.07, 6.45) is 1.59. The summed E-state index contributed by atoms with van der Waals surface area (Å²) in [5, 5.41) is 2.83. The molecule has 144 valence electrons. The molecular formula is C19H20Cl2N2O3S. The van der Waals surface area contributed by atoms with Gasteiger partial charge in [0.1, 0.15) is 4.90 Å². The predicted octanol–water partition coefficient (Wildman–Crippen LogP) is 4.81. The molecular weight excluding hydrogens is 407 g/mol. The fourth-order valence-electron chi connectivity index (χ4n) is 2.57. The summed E-state index contributed by atoms with van der Waals surface area (Å²) in [5.41, 5.74) is 1.73. The molecule has 1 aliphatic rings. The van der Waals surface area contributed by atoms with Crippen LogP contribution in [0.5, 0.6) is 0 Å². The molecule has 1 fully saturated rings. The molecule has 0 spiro atoms. The number of rotatable bonds is 6. The largest absolute Gasteiger partial charge is 0.322 e. The molecule has 1 saturated carbocycles. The highest BCUT2D eigenvalue weighted by Gasteiger charge is 2.30. The lowest BCUT2D eigenvalue weighted by atomic mass is 10.0. The molecule has 2 aromatic rings. The van der Waals surface area contributed by atoms with Crippen LogP contribution in [0, 0.1) is 0 Å². The van der Waals surface area contributed by atoms with Crippen molar-refractivity contribution in [1.82, 2.24) is 4.72 Å². The zero-order valence-corrected chi connectivity index (χ0v) is 17.3. The number of carbonyl (C=O) groups excluding carboxylic acids is 1. The number of hydrogen-bond acceptors (Lipinski definition) is 3. The molecule has 0 heterocycles. The quantitative estimate of drug-likeness (QED) is 0.695. The third kappa shape index (κ3) is 4.82. The van der Waals surface area contributed by atoms with E-state index in [0.717, 1.165) is 18.4 Å². The van der Waals surface area contributed by atoms with Gasteiger partial charge < -0.3 is 5.32 Å². The topological polar surface area (TPSA) is 75.3 Å². The molecule has 27 heavy (non-hydrogen) atoms. The number of halogens is 2. The highest BCUT2D eigenvalue weighted by atomic mass is 35.5. The van der Waals surface area contributed by atoms with E-state index in [1.807, 2.05) is 18.2 Å². The van der Waals surface area contributed by atoms with E-state index in [1.165, 1.54) is 12.1 Å². The summed E-state index contributed by atoms with van der Waals surface area (Å²) in [7, 11) is -3.81. The van der Waals surface area contributed by atoms with E-state index in [0.29, 0.717) is 11.6 Å². The normalized spacial score (nSPS) is 14.4. The number of hydrogen-bond donors (Lipinski definition) is 2. The van der Waals surface area contributed by atoms with E-state index in [-0.39, 0.29) is 26.5 Å². The molecule has 2 aromatic carbocycles. The Morgan fingerprint density at radius 2 is 1.81 bits per heavy atom. The Kier molecular flexibility index (Phi) is 5.82. The standard InChI is InChI=1S/C19H20Cl2N2O3S/c1-11(2)12-4-3-5-14(8-12)22-19(24)15-9-18(17(21)10-16(15)20)27(25,26)23-13-6-7-13/h3-5,8-11,13,23H,6-7H2,1-2H3,(H,22,24). The highest BCUT2D eigenvalue weighted by molar-refractivity contribution is 7.89. The van der Waals surface area contributed by atoms with Gasteiger partial charge in [-0.15, -0.1) is 0 Å². The van der Waals surface area contributed by atoms with Crippen LogP contribution in [0.15, 0.2) is 41.3 Å². The van der Waals surface area contributed by atoms with Gasteiger partial charge in [-0.25, -0.2) is 13.1 Å². The smallest absolute Gasteiger partial charge is 0.257 e. The number of anilines is 1. The van der Waals surface area contributed by atoms with Gasteiger partial charge in [-0.05, 0) is 48.6 Å². The van der Waals surface area contributed by atoms with Crippen LogP contribution < -0.4 is 10.0 Å². The Morgan fingerprint density at radius 3 is 2.44 bits per heavy atom. The second-order valence-electron chi connectivity index (χ2n) is 6.89. The molecule has 2 N–H and O–H groups in total. The average molecular weight is 427 g/mol. The van der Waals surface area contributed by atoms with E-state index >= 15 is 0 Å². The molecule has 0 aromatic heterocycles. The van der Waals surface area contributed by atoms with Crippen molar-refractivity contribution in [3.8, 4) is 0 Å². The van der Waals surface area contributed by atoms with E-state index < -0.39 is 15.9 Å². The van der Waals surface area contributed by atoms with Gasteiger partial charge in [0, 0.05) is 11.7 Å². The summed E-state index contributed by atoms with van der Waals surface area (Å²) >= 11 is 12.2. The van der Waals surface area contributed by atoms with Crippen molar-refractivity contribution in [1.29, 1.82) is 0 Å². The maximum absolute atomic E-state index is 12.7. The lowest BCUT2D eigenvalue weighted by Gasteiger charge is -2.13.